The number of nitrogens with zero attached hydrogens (tertiary/aromatic N) is 2. The maximum atomic E-state index is 11.9. The van der Waals surface area contributed by atoms with Gasteiger partial charge >= 0.3 is 0 Å². The standard InChI is InChI=1S/C20H25ClN4O2/c1-3-25(4-2)14-16-7-5-15(6-8-16)12-23-19(26)13-24-20(27)18-11-17(21)9-10-22-18/h5-11H,3-4,12-14H2,1-2H3,(H,23,26)(H,24,27). The van der Waals surface area contributed by atoms with Crippen molar-refractivity contribution >= 4 is 23.4 Å². The molecule has 0 aliphatic carbocycles. The van der Waals surface area contributed by atoms with Gasteiger partial charge in [0.25, 0.3) is 5.91 Å². The van der Waals surface area contributed by atoms with Gasteiger partial charge in [0.05, 0.1) is 6.54 Å². The third kappa shape index (κ3) is 7.00. The second kappa shape index (κ2) is 10.6. The lowest BCUT2D eigenvalue weighted by molar-refractivity contribution is -0.120. The van der Waals surface area contributed by atoms with E-state index in [0.29, 0.717) is 11.6 Å². The average molecular weight is 389 g/mol. The van der Waals surface area contributed by atoms with Gasteiger partial charge in [0.15, 0.2) is 0 Å². The summed E-state index contributed by atoms with van der Waals surface area (Å²) >= 11 is 5.82. The van der Waals surface area contributed by atoms with E-state index in [1.807, 2.05) is 12.1 Å². The van der Waals surface area contributed by atoms with Gasteiger partial charge in [0.1, 0.15) is 5.69 Å². The summed E-state index contributed by atoms with van der Waals surface area (Å²) in [5.41, 5.74) is 2.43. The van der Waals surface area contributed by atoms with Gasteiger partial charge in [-0.15, -0.1) is 0 Å². The fourth-order valence-electron chi connectivity index (χ4n) is 2.51. The van der Waals surface area contributed by atoms with E-state index in [0.717, 1.165) is 25.2 Å². The SMILES string of the molecule is CCN(CC)Cc1ccc(CNC(=O)CNC(=O)c2cc(Cl)ccn2)cc1. The molecule has 2 aromatic rings. The van der Waals surface area contributed by atoms with E-state index >= 15 is 0 Å². The van der Waals surface area contributed by atoms with Crippen LogP contribution in [0.4, 0.5) is 0 Å². The van der Waals surface area contributed by atoms with Gasteiger partial charge in [0.2, 0.25) is 5.91 Å². The van der Waals surface area contributed by atoms with E-state index in [1.54, 1.807) is 6.07 Å². The maximum absolute atomic E-state index is 11.9. The van der Waals surface area contributed by atoms with E-state index < -0.39 is 5.91 Å². The quantitative estimate of drug-likeness (QED) is 0.692. The number of amides is 2. The van der Waals surface area contributed by atoms with E-state index in [-0.39, 0.29) is 18.1 Å². The van der Waals surface area contributed by atoms with Crippen molar-refractivity contribution in [2.75, 3.05) is 19.6 Å². The highest BCUT2D eigenvalue weighted by Crippen LogP contribution is 2.08. The molecule has 6 nitrogen and oxygen atoms in total. The summed E-state index contributed by atoms with van der Waals surface area (Å²) < 4.78 is 0. The van der Waals surface area contributed by atoms with Crippen molar-refractivity contribution in [3.8, 4) is 0 Å². The monoisotopic (exact) mass is 388 g/mol. The van der Waals surface area contributed by atoms with Crippen molar-refractivity contribution in [3.63, 3.8) is 0 Å². The second-order valence-electron chi connectivity index (χ2n) is 6.10. The first-order chi connectivity index (χ1) is 13.0. The van der Waals surface area contributed by atoms with E-state index in [4.69, 9.17) is 11.6 Å². The molecule has 1 aromatic heterocycles. The summed E-state index contributed by atoms with van der Waals surface area (Å²) in [5, 5.41) is 5.74. The van der Waals surface area contributed by atoms with Crippen molar-refractivity contribution in [1.29, 1.82) is 0 Å². The van der Waals surface area contributed by atoms with Crippen LogP contribution in [0.15, 0.2) is 42.6 Å². The smallest absolute Gasteiger partial charge is 0.270 e. The zero-order chi connectivity index (χ0) is 19.6. The Labute approximate surface area is 164 Å². The predicted molar refractivity (Wildman–Crippen MR) is 106 cm³/mol. The molecular weight excluding hydrogens is 364 g/mol. The first-order valence-electron chi connectivity index (χ1n) is 8.98. The lowest BCUT2D eigenvalue weighted by Crippen LogP contribution is -2.36. The highest BCUT2D eigenvalue weighted by atomic mass is 35.5. The van der Waals surface area contributed by atoms with Crippen molar-refractivity contribution in [3.05, 3.63) is 64.4 Å². The third-order valence-corrected chi connectivity index (χ3v) is 4.41. The summed E-state index contributed by atoms with van der Waals surface area (Å²) in [6, 6.07) is 11.2. The Balaban J connectivity index is 1.76. The molecule has 2 amide bonds. The zero-order valence-electron chi connectivity index (χ0n) is 15.7. The van der Waals surface area contributed by atoms with Gasteiger partial charge in [-0.05, 0) is 36.3 Å². The minimum Gasteiger partial charge on any atom is -0.350 e. The van der Waals surface area contributed by atoms with Crippen molar-refractivity contribution in [1.82, 2.24) is 20.5 Å². The largest absolute Gasteiger partial charge is 0.350 e. The Hall–Kier alpha value is -2.44. The molecule has 2 N–H and O–H groups in total. The number of carbonyl (C=O) groups excluding carboxylic acids is 2. The van der Waals surface area contributed by atoms with Crippen molar-refractivity contribution in [2.45, 2.75) is 26.9 Å². The van der Waals surface area contributed by atoms with Crippen molar-refractivity contribution < 1.29 is 9.59 Å². The lowest BCUT2D eigenvalue weighted by Gasteiger charge is -2.18. The molecule has 0 saturated carbocycles. The van der Waals surface area contributed by atoms with Crippen LogP contribution >= 0.6 is 11.6 Å². The number of carbonyl (C=O) groups is 2. The normalized spacial score (nSPS) is 10.7. The van der Waals surface area contributed by atoms with Crippen LogP contribution < -0.4 is 10.6 Å². The fourth-order valence-corrected chi connectivity index (χ4v) is 2.67. The zero-order valence-corrected chi connectivity index (χ0v) is 16.4. The molecule has 0 spiro atoms. The van der Waals surface area contributed by atoms with Crippen LogP contribution in [0.25, 0.3) is 0 Å². The van der Waals surface area contributed by atoms with Crippen LogP contribution in [0.5, 0.6) is 0 Å². The summed E-state index contributed by atoms with van der Waals surface area (Å²) in [7, 11) is 0. The Morgan fingerprint density at radius 1 is 1.04 bits per heavy atom. The molecule has 0 saturated heterocycles. The fraction of sp³-hybridized carbons (Fsp3) is 0.350. The molecule has 0 aliphatic rings. The van der Waals surface area contributed by atoms with Crippen molar-refractivity contribution in [2.24, 2.45) is 0 Å². The molecule has 144 valence electrons. The first kappa shape index (κ1) is 20.9. The molecule has 7 heteroatoms. The highest BCUT2D eigenvalue weighted by molar-refractivity contribution is 6.30. The van der Waals surface area contributed by atoms with Crippen LogP contribution in [-0.4, -0.2) is 41.3 Å². The minimum absolute atomic E-state index is 0.118. The Bertz CT molecular complexity index is 761. The van der Waals surface area contributed by atoms with Crippen LogP contribution in [0.2, 0.25) is 5.02 Å². The van der Waals surface area contributed by atoms with Gasteiger partial charge in [0, 0.05) is 24.3 Å². The Morgan fingerprint density at radius 3 is 2.33 bits per heavy atom. The number of hydrogen-bond acceptors (Lipinski definition) is 4. The number of nitrogens with one attached hydrogen (secondary N) is 2. The molecule has 0 bridgehead atoms. The lowest BCUT2D eigenvalue weighted by atomic mass is 10.1. The van der Waals surface area contributed by atoms with Gasteiger partial charge in [-0.25, -0.2) is 0 Å². The van der Waals surface area contributed by atoms with E-state index in [2.05, 4.69) is 46.5 Å². The number of hydrogen-bond donors (Lipinski definition) is 2. The summed E-state index contributed by atoms with van der Waals surface area (Å²) in [5.74, 6) is -0.703. The summed E-state index contributed by atoms with van der Waals surface area (Å²) in [6.07, 6.45) is 1.45. The van der Waals surface area contributed by atoms with Gasteiger partial charge in [-0.3, -0.25) is 19.5 Å². The van der Waals surface area contributed by atoms with Crippen LogP contribution in [0.1, 0.15) is 35.5 Å². The molecule has 0 atom stereocenters. The Kier molecular flexibility index (Phi) is 8.23. The average Bonchev–Trinajstić information content (AvgIpc) is 2.69. The van der Waals surface area contributed by atoms with E-state index in [1.165, 1.54) is 17.8 Å². The molecule has 0 fully saturated rings. The number of halogens is 1. The van der Waals surface area contributed by atoms with Crippen LogP contribution in [0, 0.1) is 0 Å². The van der Waals surface area contributed by atoms with E-state index in [9.17, 15) is 9.59 Å². The van der Waals surface area contributed by atoms with Gasteiger partial charge in [-0.2, -0.15) is 0 Å². The molecular formula is C20H25ClN4O2. The minimum atomic E-state index is -0.437. The number of rotatable bonds is 9. The molecule has 2 rings (SSSR count). The topological polar surface area (TPSA) is 74.3 Å². The number of aromatic nitrogens is 1. The van der Waals surface area contributed by atoms with Crippen LogP contribution in [0.3, 0.4) is 0 Å². The Morgan fingerprint density at radius 2 is 1.70 bits per heavy atom. The molecule has 1 aromatic carbocycles. The number of pyridine rings is 1. The third-order valence-electron chi connectivity index (χ3n) is 4.18. The number of benzene rings is 1. The maximum Gasteiger partial charge on any atom is 0.270 e. The van der Waals surface area contributed by atoms with Gasteiger partial charge < -0.3 is 10.6 Å². The highest BCUT2D eigenvalue weighted by Gasteiger charge is 2.09. The molecule has 0 unspecified atom stereocenters. The molecule has 0 aliphatic heterocycles. The first-order valence-corrected chi connectivity index (χ1v) is 9.36. The summed E-state index contributed by atoms with van der Waals surface area (Å²) in [6.45, 7) is 7.55. The molecule has 27 heavy (non-hydrogen) atoms. The predicted octanol–water partition coefficient (Wildman–Crippen LogP) is 2.62. The summed E-state index contributed by atoms with van der Waals surface area (Å²) in [4.78, 5) is 30.1. The van der Waals surface area contributed by atoms with Crippen LogP contribution in [-0.2, 0) is 17.9 Å². The molecule has 1 heterocycles. The van der Waals surface area contributed by atoms with Gasteiger partial charge in [-0.1, -0.05) is 49.7 Å². The second-order valence-corrected chi connectivity index (χ2v) is 6.53. The molecule has 0 radical (unpaired) electrons.